The fourth-order valence-corrected chi connectivity index (χ4v) is 1.05. The van der Waals surface area contributed by atoms with E-state index in [0.29, 0.717) is 0 Å². The summed E-state index contributed by atoms with van der Waals surface area (Å²) in [6.45, 7) is 2.05. The van der Waals surface area contributed by atoms with Crippen molar-refractivity contribution in [3.63, 3.8) is 0 Å². The van der Waals surface area contributed by atoms with E-state index in [4.69, 9.17) is 0 Å². The van der Waals surface area contributed by atoms with Gasteiger partial charge in [0, 0.05) is 6.42 Å². The lowest BCUT2D eigenvalue weighted by Crippen LogP contribution is -1.89. The highest BCUT2D eigenvalue weighted by Crippen LogP contribution is 1.97. The van der Waals surface area contributed by atoms with Crippen LogP contribution >= 0.6 is 22.9 Å². The van der Waals surface area contributed by atoms with Gasteiger partial charge in [-0.15, -0.1) is 5.10 Å². The van der Waals surface area contributed by atoms with Crippen molar-refractivity contribution in [2.75, 3.05) is 0 Å². The van der Waals surface area contributed by atoms with Crippen LogP contribution in [0.5, 0.6) is 0 Å². The molecule has 0 aliphatic rings. The Balaban J connectivity index is 2.92. The molecular weight excluding hydrogens is 217 g/mol. The number of hydrogen-bond acceptors (Lipinski definition) is 2. The maximum atomic E-state index is 3.98. The largest absolute Gasteiger partial charge is 0.219 e. The number of rotatable bonds is 1. The highest BCUT2D eigenvalue weighted by molar-refractivity contribution is 14.1. The molecule has 0 spiro atoms. The minimum atomic E-state index is 0.947. The average Bonchev–Trinajstić information content (AvgIpc) is 2.14. The Morgan fingerprint density at radius 2 is 2.62 bits per heavy atom. The standard InChI is InChI=1S/C4H6IN3/c1-2-4-6-3-7-8(4)5/h3H,2H2,1H3. The second kappa shape index (κ2) is 2.43. The van der Waals surface area contributed by atoms with Crippen molar-refractivity contribution in [1.29, 1.82) is 0 Å². The van der Waals surface area contributed by atoms with E-state index < -0.39 is 0 Å². The van der Waals surface area contributed by atoms with Crippen LogP contribution in [0.2, 0.25) is 0 Å². The van der Waals surface area contributed by atoms with Gasteiger partial charge in [-0.1, -0.05) is 6.92 Å². The Bertz CT molecular complexity index is 172. The number of aromatic nitrogens is 3. The lowest BCUT2D eigenvalue weighted by Gasteiger charge is -1.87. The van der Waals surface area contributed by atoms with Gasteiger partial charge in [0.15, 0.2) is 0 Å². The molecule has 0 saturated carbocycles. The molecular formula is C4H6IN3. The van der Waals surface area contributed by atoms with Gasteiger partial charge in [-0.2, -0.15) is 2.90 Å². The first kappa shape index (κ1) is 6.00. The normalized spacial score (nSPS) is 9.75. The molecule has 44 valence electrons. The Hall–Kier alpha value is -0.130. The predicted molar refractivity (Wildman–Crippen MR) is 38.8 cm³/mol. The monoisotopic (exact) mass is 223 g/mol. The smallest absolute Gasteiger partial charge is 0.138 e. The Labute approximate surface area is 61.6 Å². The van der Waals surface area contributed by atoms with Crippen molar-refractivity contribution in [3.05, 3.63) is 12.2 Å². The summed E-state index contributed by atoms with van der Waals surface area (Å²) in [5.74, 6) is 1.02. The predicted octanol–water partition coefficient (Wildman–Crippen LogP) is 1.04. The van der Waals surface area contributed by atoms with Crippen molar-refractivity contribution >= 4 is 22.9 Å². The van der Waals surface area contributed by atoms with Crippen molar-refractivity contribution in [2.24, 2.45) is 0 Å². The molecule has 1 rings (SSSR count). The van der Waals surface area contributed by atoms with E-state index in [-0.39, 0.29) is 0 Å². The molecule has 8 heavy (non-hydrogen) atoms. The van der Waals surface area contributed by atoms with Crippen molar-refractivity contribution in [1.82, 2.24) is 13.0 Å². The fourth-order valence-electron chi connectivity index (χ4n) is 0.474. The third-order valence-electron chi connectivity index (χ3n) is 0.889. The molecule has 0 atom stereocenters. The molecule has 0 aromatic carbocycles. The van der Waals surface area contributed by atoms with E-state index in [2.05, 4.69) is 39.9 Å². The average molecular weight is 223 g/mol. The van der Waals surface area contributed by atoms with E-state index in [1.54, 1.807) is 9.22 Å². The first-order valence-electron chi connectivity index (χ1n) is 2.39. The van der Waals surface area contributed by atoms with Gasteiger partial charge in [0.1, 0.15) is 12.2 Å². The van der Waals surface area contributed by atoms with Crippen LogP contribution in [0.15, 0.2) is 6.33 Å². The summed E-state index contributed by atoms with van der Waals surface area (Å²) in [5.41, 5.74) is 0. The molecule has 3 nitrogen and oxygen atoms in total. The molecule has 1 aromatic heterocycles. The number of halogens is 1. The van der Waals surface area contributed by atoms with Gasteiger partial charge < -0.3 is 0 Å². The Morgan fingerprint density at radius 3 is 2.88 bits per heavy atom. The van der Waals surface area contributed by atoms with Crippen molar-refractivity contribution < 1.29 is 0 Å². The highest BCUT2D eigenvalue weighted by Gasteiger charge is 1.93. The second-order valence-corrected chi connectivity index (χ2v) is 2.30. The maximum Gasteiger partial charge on any atom is 0.138 e. The molecule has 0 radical (unpaired) electrons. The van der Waals surface area contributed by atoms with Crippen LogP contribution in [0, 0.1) is 0 Å². The molecule has 0 amide bonds. The molecule has 1 heterocycles. The number of aryl methyl sites for hydroxylation is 1. The zero-order chi connectivity index (χ0) is 5.98. The van der Waals surface area contributed by atoms with Crippen LogP contribution in [-0.2, 0) is 6.42 Å². The SMILES string of the molecule is CCc1ncnn1I. The summed E-state index contributed by atoms with van der Waals surface area (Å²) in [5, 5.41) is 3.88. The number of nitrogens with zero attached hydrogens (tertiary/aromatic N) is 3. The molecule has 0 unspecified atom stereocenters. The van der Waals surface area contributed by atoms with Crippen LogP contribution in [0.3, 0.4) is 0 Å². The van der Waals surface area contributed by atoms with Gasteiger partial charge in [0.05, 0.1) is 22.9 Å². The summed E-state index contributed by atoms with van der Waals surface area (Å²) in [6.07, 6.45) is 2.51. The van der Waals surface area contributed by atoms with E-state index in [1.807, 2.05) is 0 Å². The van der Waals surface area contributed by atoms with E-state index in [0.717, 1.165) is 12.2 Å². The molecule has 0 bridgehead atoms. The molecule has 0 N–H and O–H groups in total. The topological polar surface area (TPSA) is 30.7 Å². The van der Waals surface area contributed by atoms with Crippen LogP contribution < -0.4 is 0 Å². The zero-order valence-corrected chi connectivity index (χ0v) is 6.66. The first-order valence-corrected chi connectivity index (χ1v) is 3.36. The molecule has 0 aliphatic heterocycles. The van der Waals surface area contributed by atoms with Gasteiger partial charge in [0.25, 0.3) is 0 Å². The van der Waals surface area contributed by atoms with E-state index >= 15 is 0 Å². The molecule has 0 saturated heterocycles. The van der Waals surface area contributed by atoms with Crippen LogP contribution in [-0.4, -0.2) is 13.0 Å². The van der Waals surface area contributed by atoms with E-state index in [1.165, 1.54) is 0 Å². The van der Waals surface area contributed by atoms with Gasteiger partial charge in [-0.05, 0) is 0 Å². The lowest BCUT2D eigenvalue weighted by molar-refractivity contribution is 0.924. The summed E-state index contributed by atoms with van der Waals surface area (Å²) in [7, 11) is 0. The number of hydrogen-bond donors (Lipinski definition) is 0. The van der Waals surface area contributed by atoms with Crippen molar-refractivity contribution in [3.8, 4) is 0 Å². The Morgan fingerprint density at radius 1 is 1.88 bits per heavy atom. The van der Waals surface area contributed by atoms with Gasteiger partial charge in [-0.25, -0.2) is 4.98 Å². The zero-order valence-electron chi connectivity index (χ0n) is 4.50. The minimum Gasteiger partial charge on any atom is -0.219 e. The van der Waals surface area contributed by atoms with Crippen LogP contribution in [0.25, 0.3) is 0 Å². The minimum absolute atomic E-state index is 0.947. The third kappa shape index (κ3) is 0.988. The Kier molecular flexibility index (Phi) is 1.82. The summed E-state index contributed by atoms with van der Waals surface area (Å²) in [4.78, 5) is 3.98. The van der Waals surface area contributed by atoms with Crippen LogP contribution in [0.4, 0.5) is 0 Å². The summed E-state index contributed by atoms with van der Waals surface area (Å²) >= 11 is 2.10. The van der Waals surface area contributed by atoms with Crippen LogP contribution in [0.1, 0.15) is 12.7 Å². The first-order chi connectivity index (χ1) is 3.84. The molecule has 0 fully saturated rings. The molecule has 0 aliphatic carbocycles. The fraction of sp³-hybridized carbons (Fsp3) is 0.500. The van der Waals surface area contributed by atoms with E-state index in [9.17, 15) is 0 Å². The summed E-state index contributed by atoms with van der Waals surface area (Å²) < 4.78 is 1.75. The van der Waals surface area contributed by atoms with Gasteiger partial charge >= 0.3 is 0 Å². The highest BCUT2D eigenvalue weighted by atomic mass is 127. The quantitative estimate of drug-likeness (QED) is 0.666. The van der Waals surface area contributed by atoms with Gasteiger partial charge in [-0.3, -0.25) is 0 Å². The van der Waals surface area contributed by atoms with Crippen molar-refractivity contribution in [2.45, 2.75) is 13.3 Å². The third-order valence-corrected chi connectivity index (χ3v) is 1.69. The molecule has 4 heteroatoms. The second-order valence-electron chi connectivity index (χ2n) is 1.39. The maximum absolute atomic E-state index is 3.98. The molecule has 1 aromatic rings. The van der Waals surface area contributed by atoms with Gasteiger partial charge in [0.2, 0.25) is 0 Å². The summed E-state index contributed by atoms with van der Waals surface area (Å²) in [6, 6.07) is 0. The lowest BCUT2D eigenvalue weighted by atomic mass is 10.5.